The summed E-state index contributed by atoms with van der Waals surface area (Å²) in [5.41, 5.74) is 1.83. The van der Waals surface area contributed by atoms with Crippen LogP contribution in [0.2, 0.25) is 0 Å². The Labute approximate surface area is 143 Å². The zero-order valence-electron chi connectivity index (χ0n) is 15.0. The molecule has 128 valence electrons. The van der Waals surface area contributed by atoms with E-state index in [-0.39, 0.29) is 5.91 Å². The van der Waals surface area contributed by atoms with E-state index in [4.69, 9.17) is 4.74 Å². The van der Waals surface area contributed by atoms with Crippen molar-refractivity contribution in [2.75, 3.05) is 13.7 Å². The van der Waals surface area contributed by atoms with Gasteiger partial charge in [-0.2, -0.15) is 0 Å². The van der Waals surface area contributed by atoms with Crippen LogP contribution >= 0.6 is 0 Å². The summed E-state index contributed by atoms with van der Waals surface area (Å²) in [4.78, 5) is 23.5. The van der Waals surface area contributed by atoms with Gasteiger partial charge in [0.25, 0.3) is 5.91 Å². The summed E-state index contributed by atoms with van der Waals surface area (Å²) in [5, 5.41) is 0. The maximum absolute atomic E-state index is 13.2. The normalized spacial score (nSPS) is 11.4. The fourth-order valence-electron chi connectivity index (χ4n) is 2.70. The van der Waals surface area contributed by atoms with Gasteiger partial charge in [0.2, 0.25) is 0 Å². The fraction of sp³-hybridized carbons (Fsp3) is 0.421. The van der Waals surface area contributed by atoms with Crippen LogP contribution in [0.3, 0.4) is 0 Å². The minimum Gasteiger partial charge on any atom is -0.382 e. The van der Waals surface area contributed by atoms with E-state index in [1.54, 1.807) is 13.3 Å². The predicted octanol–water partition coefficient (Wildman–Crippen LogP) is 3.16. The topological polar surface area (TPSA) is 55.3 Å². The lowest BCUT2D eigenvalue weighted by molar-refractivity contribution is 0.0229. The van der Waals surface area contributed by atoms with Crippen LogP contribution in [0.25, 0.3) is 0 Å². The Balaban J connectivity index is 2.39. The SMILES string of the molecule is COCC(C)(C)N(Cc1ccccc1)C(=O)c1cnc(C)nc1C. The van der Waals surface area contributed by atoms with Crippen molar-refractivity contribution in [3.8, 4) is 0 Å². The molecule has 0 aliphatic heterocycles. The number of aryl methyl sites for hydroxylation is 2. The third-order valence-electron chi connectivity index (χ3n) is 3.99. The van der Waals surface area contributed by atoms with Crippen LogP contribution in [-0.2, 0) is 11.3 Å². The second-order valence-corrected chi connectivity index (χ2v) is 6.54. The smallest absolute Gasteiger partial charge is 0.258 e. The molecule has 5 nitrogen and oxygen atoms in total. The van der Waals surface area contributed by atoms with Crippen molar-refractivity contribution in [1.82, 2.24) is 14.9 Å². The molecule has 0 bridgehead atoms. The number of rotatable bonds is 6. The second kappa shape index (κ2) is 7.53. The molecule has 0 saturated heterocycles. The van der Waals surface area contributed by atoms with Crippen LogP contribution < -0.4 is 0 Å². The van der Waals surface area contributed by atoms with Gasteiger partial charge in [-0.05, 0) is 33.3 Å². The first kappa shape index (κ1) is 18.1. The molecule has 0 N–H and O–H groups in total. The summed E-state index contributed by atoms with van der Waals surface area (Å²) >= 11 is 0. The molecule has 0 spiro atoms. The van der Waals surface area contributed by atoms with Gasteiger partial charge in [0, 0.05) is 19.9 Å². The van der Waals surface area contributed by atoms with E-state index < -0.39 is 5.54 Å². The molecule has 0 aliphatic carbocycles. The van der Waals surface area contributed by atoms with Crippen molar-refractivity contribution in [3.05, 3.63) is 59.2 Å². The largest absolute Gasteiger partial charge is 0.382 e. The third kappa shape index (κ3) is 4.17. The molecule has 0 saturated carbocycles. The third-order valence-corrected chi connectivity index (χ3v) is 3.99. The number of hydrogen-bond donors (Lipinski definition) is 0. The molecule has 1 aromatic carbocycles. The first-order chi connectivity index (χ1) is 11.3. The highest BCUT2D eigenvalue weighted by Crippen LogP contribution is 2.22. The number of hydrogen-bond acceptors (Lipinski definition) is 4. The minimum atomic E-state index is -0.459. The van der Waals surface area contributed by atoms with E-state index in [1.807, 2.05) is 62.9 Å². The molecule has 0 unspecified atom stereocenters. The van der Waals surface area contributed by atoms with Gasteiger partial charge in [-0.3, -0.25) is 4.79 Å². The number of ether oxygens (including phenoxy) is 1. The van der Waals surface area contributed by atoms with Crippen molar-refractivity contribution >= 4 is 5.91 Å². The summed E-state index contributed by atoms with van der Waals surface area (Å²) in [7, 11) is 1.65. The number of benzene rings is 1. The molecule has 1 amide bonds. The highest BCUT2D eigenvalue weighted by Gasteiger charge is 2.32. The molecule has 2 aromatic rings. The first-order valence-electron chi connectivity index (χ1n) is 8.00. The Morgan fingerprint density at radius 3 is 2.46 bits per heavy atom. The Kier molecular flexibility index (Phi) is 5.67. The lowest BCUT2D eigenvalue weighted by atomic mass is 10.0. The van der Waals surface area contributed by atoms with Crippen LogP contribution in [0.15, 0.2) is 36.5 Å². The molecule has 0 aliphatic rings. The van der Waals surface area contributed by atoms with Crippen molar-refractivity contribution in [1.29, 1.82) is 0 Å². The molecule has 0 radical (unpaired) electrons. The predicted molar refractivity (Wildman–Crippen MR) is 93.8 cm³/mol. The number of carbonyl (C=O) groups is 1. The van der Waals surface area contributed by atoms with Gasteiger partial charge in [-0.25, -0.2) is 9.97 Å². The first-order valence-corrected chi connectivity index (χ1v) is 8.00. The van der Waals surface area contributed by atoms with Gasteiger partial charge < -0.3 is 9.64 Å². The molecule has 1 aromatic heterocycles. The summed E-state index contributed by atoms with van der Waals surface area (Å²) in [6, 6.07) is 9.94. The van der Waals surface area contributed by atoms with Gasteiger partial charge in [0.15, 0.2) is 0 Å². The lowest BCUT2D eigenvalue weighted by Gasteiger charge is -2.38. The van der Waals surface area contributed by atoms with Crippen LogP contribution in [0.5, 0.6) is 0 Å². The Bertz CT molecular complexity index is 699. The number of aromatic nitrogens is 2. The quantitative estimate of drug-likeness (QED) is 0.818. The van der Waals surface area contributed by atoms with Crippen LogP contribution in [0.1, 0.15) is 41.3 Å². The molecular formula is C19H25N3O2. The van der Waals surface area contributed by atoms with Gasteiger partial charge in [0.1, 0.15) is 5.82 Å². The maximum Gasteiger partial charge on any atom is 0.258 e. The average Bonchev–Trinajstić information content (AvgIpc) is 2.53. The molecule has 0 atom stereocenters. The van der Waals surface area contributed by atoms with Gasteiger partial charge in [-0.1, -0.05) is 30.3 Å². The van der Waals surface area contributed by atoms with E-state index in [0.29, 0.717) is 30.2 Å². The second-order valence-electron chi connectivity index (χ2n) is 6.54. The van der Waals surface area contributed by atoms with Crippen LogP contribution in [0, 0.1) is 13.8 Å². The van der Waals surface area contributed by atoms with Crippen molar-refractivity contribution in [2.45, 2.75) is 39.8 Å². The molecule has 0 fully saturated rings. The number of nitrogens with zero attached hydrogens (tertiary/aromatic N) is 3. The van der Waals surface area contributed by atoms with E-state index in [0.717, 1.165) is 5.56 Å². The number of carbonyl (C=O) groups excluding carboxylic acids is 1. The molecule has 2 rings (SSSR count). The monoisotopic (exact) mass is 327 g/mol. The summed E-state index contributed by atoms with van der Waals surface area (Å²) in [6.45, 7) is 8.61. The summed E-state index contributed by atoms with van der Waals surface area (Å²) in [5.74, 6) is 0.577. The highest BCUT2D eigenvalue weighted by atomic mass is 16.5. The zero-order chi connectivity index (χ0) is 17.7. The van der Waals surface area contributed by atoms with Crippen molar-refractivity contribution in [3.63, 3.8) is 0 Å². The molecule has 24 heavy (non-hydrogen) atoms. The Morgan fingerprint density at radius 1 is 1.21 bits per heavy atom. The summed E-state index contributed by atoms with van der Waals surface area (Å²) < 4.78 is 5.34. The lowest BCUT2D eigenvalue weighted by Crippen LogP contribution is -2.50. The van der Waals surface area contributed by atoms with E-state index in [1.165, 1.54) is 0 Å². The van der Waals surface area contributed by atoms with Gasteiger partial charge in [0.05, 0.1) is 23.4 Å². The number of amides is 1. The van der Waals surface area contributed by atoms with Crippen molar-refractivity contribution < 1.29 is 9.53 Å². The summed E-state index contributed by atoms with van der Waals surface area (Å²) in [6.07, 6.45) is 1.61. The van der Waals surface area contributed by atoms with Crippen LogP contribution in [0.4, 0.5) is 0 Å². The standard InChI is InChI=1S/C19H25N3O2/c1-14-17(11-20-15(2)21-14)18(23)22(19(3,4)13-24-5)12-16-9-7-6-8-10-16/h6-11H,12-13H2,1-5H3. The highest BCUT2D eigenvalue weighted by molar-refractivity contribution is 5.95. The van der Waals surface area contributed by atoms with E-state index >= 15 is 0 Å². The Hall–Kier alpha value is -2.27. The molecule has 1 heterocycles. The fourth-order valence-corrected chi connectivity index (χ4v) is 2.70. The minimum absolute atomic E-state index is 0.0848. The zero-order valence-corrected chi connectivity index (χ0v) is 15.0. The molecular weight excluding hydrogens is 302 g/mol. The maximum atomic E-state index is 13.2. The Morgan fingerprint density at radius 2 is 1.88 bits per heavy atom. The van der Waals surface area contributed by atoms with Gasteiger partial charge >= 0.3 is 0 Å². The van der Waals surface area contributed by atoms with E-state index in [2.05, 4.69) is 9.97 Å². The van der Waals surface area contributed by atoms with Gasteiger partial charge in [-0.15, -0.1) is 0 Å². The number of methoxy groups -OCH3 is 1. The molecule has 5 heteroatoms. The average molecular weight is 327 g/mol. The van der Waals surface area contributed by atoms with E-state index in [9.17, 15) is 4.79 Å². The van der Waals surface area contributed by atoms with Crippen molar-refractivity contribution in [2.24, 2.45) is 0 Å². The van der Waals surface area contributed by atoms with Crippen LogP contribution in [-0.4, -0.2) is 40.0 Å².